The van der Waals surface area contributed by atoms with Crippen LogP contribution in [0.25, 0.3) is 10.8 Å². The van der Waals surface area contributed by atoms with Crippen molar-refractivity contribution in [3.05, 3.63) is 53.2 Å². The molecule has 2 aromatic heterocycles. The topological polar surface area (TPSA) is 73.6 Å². The van der Waals surface area contributed by atoms with Crippen molar-refractivity contribution in [2.75, 3.05) is 13.7 Å². The van der Waals surface area contributed by atoms with E-state index < -0.39 is 0 Å². The largest absolute Gasteiger partial charge is 0.493 e. The number of aromatic nitrogens is 1. The highest BCUT2D eigenvalue weighted by molar-refractivity contribution is 7.13. The monoisotopic (exact) mass is 414 g/mol. The van der Waals surface area contributed by atoms with Crippen LogP contribution >= 0.6 is 11.3 Å². The van der Waals surface area contributed by atoms with Gasteiger partial charge in [0, 0.05) is 5.38 Å². The number of nitrogens with one attached hydrogen (secondary N) is 1. The number of carbonyl (C=O) groups excluding carboxylic acids is 1. The minimum Gasteiger partial charge on any atom is -0.493 e. The number of methoxy groups -OCH3 is 1. The van der Waals surface area contributed by atoms with Gasteiger partial charge in [0.05, 0.1) is 38.1 Å². The van der Waals surface area contributed by atoms with E-state index in [-0.39, 0.29) is 18.4 Å². The highest BCUT2D eigenvalue weighted by Crippen LogP contribution is 2.31. The van der Waals surface area contributed by atoms with E-state index in [9.17, 15) is 4.79 Å². The molecular weight excluding hydrogens is 388 g/mol. The molecule has 0 bridgehead atoms. The lowest BCUT2D eigenvalue weighted by Crippen LogP contribution is -2.28. The Morgan fingerprint density at radius 1 is 1.24 bits per heavy atom. The van der Waals surface area contributed by atoms with E-state index in [2.05, 4.69) is 24.1 Å². The number of rotatable bonds is 9. The summed E-state index contributed by atoms with van der Waals surface area (Å²) in [5.41, 5.74) is 1.67. The number of amides is 1. The molecule has 3 aromatic rings. The summed E-state index contributed by atoms with van der Waals surface area (Å²) in [6.07, 6.45) is 1.83. The van der Waals surface area contributed by atoms with Crippen LogP contribution in [0.5, 0.6) is 11.5 Å². The van der Waals surface area contributed by atoms with Gasteiger partial charge in [-0.3, -0.25) is 4.79 Å². The van der Waals surface area contributed by atoms with Crippen LogP contribution in [0.4, 0.5) is 0 Å². The van der Waals surface area contributed by atoms with Gasteiger partial charge in [0.15, 0.2) is 22.3 Å². The zero-order chi connectivity index (χ0) is 20.8. The highest BCUT2D eigenvalue weighted by atomic mass is 32.1. The molecule has 0 aliphatic carbocycles. The number of furan rings is 1. The standard InChI is InChI=1S/C22H26N2O4S/c1-14(2)12-28-18-8-7-16(10-20(18)26-4)15(3)23-21(25)11-17-13-29-22(24-17)19-6-5-9-27-19/h5-10,13-15H,11-12H2,1-4H3,(H,23,25)/t15-/m1/s1. The van der Waals surface area contributed by atoms with Gasteiger partial charge < -0.3 is 19.2 Å². The minimum absolute atomic E-state index is 0.0899. The Morgan fingerprint density at radius 2 is 2.07 bits per heavy atom. The third-order valence-corrected chi connectivity index (χ3v) is 5.17. The number of carbonyl (C=O) groups is 1. The molecule has 0 radical (unpaired) electrons. The Kier molecular flexibility index (Phi) is 6.93. The number of benzene rings is 1. The molecule has 1 amide bonds. The maximum Gasteiger partial charge on any atom is 0.226 e. The first-order valence-electron chi connectivity index (χ1n) is 9.54. The molecule has 2 heterocycles. The van der Waals surface area contributed by atoms with E-state index in [4.69, 9.17) is 13.9 Å². The van der Waals surface area contributed by atoms with Crippen LogP contribution in [0.2, 0.25) is 0 Å². The summed E-state index contributed by atoms with van der Waals surface area (Å²) in [5, 5.41) is 5.67. The summed E-state index contributed by atoms with van der Waals surface area (Å²) in [6.45, 7) is 6.75. The summed E-state index contributed by atoms with van der Waals surface area (Å²) in [7, 11) is 1.61. The molecule has 1 N–H and O–H groups in total. The van der Waals surface area contributed by atoms with Crippen molar-refractivity contribution in [1.82, 2.24) is 10.3 Å². The van der Waals surface area contributed by atoms with Crippen molar-refractivity contribution in [1.29, 1.82) is 0 Å². The number of hydrogen-bond donors (Lipinski definition) is 1. The highest BCUT2D eigenvalue weighted by Gasteiger charge is 2.15. The van der Waals surface area contributed by atoms with Crippen LogP contribution in [0, 0.1) is 5.92 Å². The second-order valence-electron chi connectivity index (χ2n) is 7.20. The fourth-order valence-electron chi connectivity index (χ4n) is 2.77. The predicted molar refractivity (Wildman–Crippen MR) is 113 cm³/mol. The molecule has 0 saturated carbocycles. The first-order chi connectivity index (χ1) is 14.0. The minimum atomic E-state index is -0.168. The third-order valence-electron chi connectivity index (χ3n) is 4.26. The Balaban J connectivity index is 1.60. The van der Waals surface area contributed by atoms with Crippen molar-refractivity contribution in [2.24, 2.45) is 5.92 Å². The SMILES string of the molecule is COc1cc([C@@H](C)NC(=O)Cc2csc(-c3ccco3)n2)ccc1OCC(C)C. The first-order valence-corrected chi connectivity index (χ1v) is 10.4. The summed E-state index contributed by atoms with van der Waals surface area (Å²) in [4.78, 5) is 16.9. The number of nitrogens with zero attached hydrogens (tertiary/aromatic N) is 1. The Morgan fingerprint density at radius 3 is 2.76 bits per heavy atom. The zero-order valence-electron chi connectivity index (χ0n) is 17.1. The van der Waals surface area contributed by atoms with Crippen molar-refractivity contribution in [2.45, 2.75) is 33.2 Å². The maximum absolute atomic E-state index is 12.5. The van der Waals surface area contributed by atoms with E-state index in [1.54, 1.807) is 13.4 Å². The molecule has 154 valence electrons. The summed E-state index contributed by atoms with van der Waals surface area (Å²) in [5.74, 6) is 2.41. The summed E-state index contributed by atoms with van der Waals surface area (Å²) >= 11 is 1.46. The number of thiazole rings is 1. The van der Waals surface area contributed by atoms with Crippen LogP contribution in [0.1, 0.15) is 38.1 Å². The van der Waals surface area contributed by atoms with Gasteiger partial charge in [-0.2, -0.15) is 0 Å². The fourth-order valence-corrected chi connectivity index (χ4v) is 3.56. The van der Waals surface area contributed by atoms with Gasteiger partial charge in [-0.1, -0.05) is 19.9 Å². The van der Waals surface area contributed by atoms with Gasteiger partial charge in [-0.25, -0.2) is 4.98 Å². The van der Waals surface area contributed by atoms with Crippen LogP contribution < -0.4 is 14.8 Å². The zero-order valence-corrected chi connectivity index (χ0v) is 17.9. The van der Waals surface area contributed by atoms with Crippen molar-refractivity contribution in [3.8, 4) is 22.3 Å². The van der Waals surface area contributed by atoms with Gasteiger partial charge >= 0.3 is 0 Å². The van der Waals surface area contributed by atoms with Gasteiger partial charge in [0.2, 0.25) is 5.91 Å². The van der Waals surface area contributed by atoms with Gasteiger partial charge in [-0.05, 0) is 42.7 Å². The van der Waals surface area contributed by atoms with Crippen LogP contribution in [0.3, 0.4) is 0 Å². The smallest absolute Gasteiger partial charge is 0.226 e. The lowest BCUT2D eigenvalue weighted by Gasteiger charge is -2.17. The van der Waals surface area contributed by atoms with Crippen LogP contribution in [-0.4, -0.2) is 24.6 Å². The Hall–Kier alpha value is -2.80. The van der Waals surface area contributed by atoms with Gasteiger partial charge in [0.1, 0.15) is 0 Å². The van der Waals surface area contributed by atoms with E-state index >= 15 is 0 Å². The van der Waals surface area contributed by atoms with Gasteiger partial charge in [0.25, 0.3) is 0 Å². The molecule has 0 saturated heterocycles. The maximum atomic E-state index is 12.5. The molecule has 0 spiro atoms. The Bertz CT molecular complexity index is 934. The van der Waals surface area contributed by atoms with Crippen LogP contribution in [0.15, 0.2) is 46.4 Å². The molecule has 0 fully saturated rings. The van der Waals surface area contributed by atoms with Crippen molar-refractivity contribution >= 4 is 17.2 Å². The van der Waals surface area contributed by atoms with E-state index in [0.717, 1.165) is 16.3 Å². The predicted octanol–water partition coefficient (Wildman–Crippen LogP) is 4.87. The average molecular weight is 415 g/mol. The first kappa shape index (κ1) is 20.9. The second-order valence-corrected chi connectivity index (χ2v) is 8.06. The molecule has 1 aromatic carbocycles. The average Bonchev–Trinajstić information content (AvgIpc) is 3.37. The number of ether oxygens (including phenoxy) is 2. The Labute approximate surface area is 174 Å². The fraction of sp³-hybridized carbons (Fsp3) is 0.364. The number of hydrogen-bond acceptors (Lipinski definition) is 6. The molecule has 0 aliphatic rings. The lowest BCUT2D eigenvalue weighted by atomic mass is 10.1. The quantitative estimate of drug-likeness (QED) is 0.541. The van der Waals surface area contributed by atoms with Crippen molar-refractivity contribution < 1.29 is 18.7 Å². The molecule has 29 heavy (non-hydrogen) atoms. The molecule has 1 atom stereocenters. The van der Waals surface area contributed by atoms with E-state index in [0.29, 0.717) is 29.8 Å². The normalized spacial score (nSPS) is 12.0. The van der Waals surface area contributed by atoms with Crippen molar-refractivity contribution in [3.63, 3.8) is 0 Å². The van der Waals surface area contributed by atoms with E-state index in [1.165, 1.54) is 11.3 Å². The summed E-state index contributed by atoms with van der Waals surface area (Å²) < 4.78 is 16.6. The molecule has 0 aliphatic heterocycles. The van der Waals surface area contributed by atoms with Crippen LogP contribution in [-0.2, 0) is 11.2 Å². The van der Waals surface area contributed by atoms with Gasteiger partial charge in [-0.15, -0.1) is 11.3 Å². The lowest BCUT2D eigenvalue weighted by molar-refractivity contribution is -0.121. The molecule has 3 rings (SSSR count). The molecule has 6 nitrogen and oxygen atoms in total. The second kappa shape index (κ2) is 9.60. The third kappa shape index (κ3) is 5.60. The molecular formula is C22H26N2O4S. The van der Waals surface area contributed by atoms with E-state index in [1.807, 2.05) is 42.6 Å². The molecule has 0 unspecified atom stereocenters. The summed E-state index contributed by atoms with van der Waals surface area (Å²) in [6, 6.07) is 9.23. The molecule has 7 heteroatoms.